The summed E-state index contributed by atoms with van der Waals surface area (Å²) in [6.45, 7) is 3.67. The van der Waals surface area contributed by atoms with Gasteiger partial charge >= 0.3 is 0 Å². The lowest BCUT2D eigenvalue weighted by Crippen LogP contribution is -1.99. The Morgan fingerprint density at radius 3 is 2.37 bits per heavy atom. The highest BCUT2D eigenvalue weighted by Crippen LogP contribution is 2.21. The molecule has 0 fully saturated rings. The first-order valence-electron chi connectivity index (χ1n) is 6.60. The van der Waals surface area contributed by atoms with Crippen molar-refractivity contribution in [3.63, 3.8) is 0 Å². The second kappa shape index (κ2) is 4.90. The molecule has 0 bridgehead atoms. The molecule has 96 valence electrons. The van der Waals surface area contributed by atoms with Gasteiger partial charge in [-0.15, -0.1) is 0 Å². The van der Waals surface area contributed by atoms with Gasteiger partial charge in [-0.2, -0.15) is 0 Å². The van der Waals surface area contributed by atoms with Crippen molar-refractivity contribution in [1.29, 1.82) is 0 Å². The second-order valence-electron chi connectivity index (χ2n) is 4.98. The average molecular weight is 250 g/mol. The highest BCUT2D eigenvalue weighted by molar-refractivity contribution is 5.83. The van der Waals surface area contributed by atoms with Crippen molar-refractivity contribution >= 4 is 10.9 Å². The Labute approximate surface area is 113 Å². The van der Waals surface area contributed by atoms with Crippen LogP contribution in [0.3, 0.4) is 0 Å². The Balaban J connectivity index is 1.96. The Bertz CT molecular complexity index is 693. The molecule has 2 heteroatoms. The van der Waals surface area contributed by atoms with E-state index in [0.717, 1.165) is 6.54 Å². The van der Waals surface area contributed by atoms with Crippen molar-refractivity contribution in [1.82, 2.24) is 4.57 Å². The van der Waals surface area contributed by atoms with Crippen LogP contribution in [0.25, 0.3) is 10.9 Å². The molecule has 19 heavy (non-hydrogen) atoms. The standard InChI is InChI=1S/C17H18N2/c1-13-11-19(17-5-3-2-4-16(13)17)12-15-8-6-14(10-18)7-9-15/h2-9,11H,10,12,18H2,1H3. The topological polar surface area (TPSA) is 30.9 Å². The minimum atomic E-state index is 0.603. The van der Waals surface area contributed by atoms with Crippen LogP contribution in [0.1, 0.15) is 16.7 Å². The number of nitrogens with zero attached hydrogens (tertiary/aromatic N) is 1. The van der Waals surface area contributed by atoms with E-state index in [1.54, 1.807) is 0 Å². The van der Waals surface area contributed by atoms with E-state index in [9.17, 15) is 0 Å². The van der Waals surface area contributed by atoms with Gasteiger partial charge in [0, 0.05) is 30.2 Å². The first kappa shape index (κ1) is 12.0. The van der Waals surface area contributed by atoms with Gasteiger partial charge < -0.3 is 10.3 Å². The number of para-hydroxylation sites is 1. The Hall–Kier alpha value is -2.06. The van der Waals surface area contributed by atoms with Crippen molar-refractivity contribution in [3.05, 3.63) is 71.4 Å². The molecule has 0 amide bonds. The van der Waals surface area contributed by atoms with Crippen molar-refractivity contribution in [2.24, 2.45) is 5.73 Å². The molecule has 0 atom stereocenters. The number of benzene rings is 2. The van der Waals surface area contributed by atoms with Gasteiger partial charge in [0.2, 0.25) is 0 Å². The number of hydrogen-bond acceptors (Lipinski definition) is 1. The molecule has 1 heterocycles. The van der Waals surface area contributed by atoms with Crippen LogP contribution in [0.5, 0.6) is 0 Å². The molecule has 1 aromatic heterocycles. The van der Waals surface area contributed by atoms with E-state index in [2.05, 4.69) is 66.2 Å². The summed E-state index contributed by atoms with van der Waals surface area (Å²) < 4.78 is 2.31. The zero-order valence-electron chi connectivity index (χ0n) is 11.1. The third kappa shape index (κ3) is 2.27. The largest absolute Gasteiger partial charge is 0.343 e. The van der Waals surface area contributed by atoms with E-state index in [4.69, 9.17) is 5.73 Å². The normalized spacial score (nSPS) is 11.1. The van der Waals surface area contributed by atoms with Gasteiger partial charge in [-0.1, -0.05) is 42.5 Å². The van der Waals surface area contributed by atoms with Crippen LogP contribution < -0.4 is 5.73 Å². The molecule has 0 aliphatic heterocycles. The summed E-state index contributed by atoms with van der Waals surface area (Å²) in [5.74, 6) is 0. The molecule has 0 radical (unpaired) electrons. The zero-order chi connectivity index (χ0) is 13.2. The van der Waals surface area contributed by atoms with Crippen LogP contribution in [0.15, 0.2) is 54.7 Å². The first-order valence-corrected chi connectivity index (χ1v) is 6.60. The van der Waals surface area contributed by atoms with Crippen LogP contribution in [-0.2, 0) is 13.1 Å². The minimum absolute atomic E-state index is 0.603. The number of hydrogen-bond donors (Lipinski definition) is 1. The Morgan fingerprint density at radius 2 is 1.63 bits per heavy atom. The smallest absolute Gasteiger partial charge is 0.0486 e. The molecule has 3 rings (SSSR count). The van der Waals surface area contributed by atoms with Gasteiger partial charge in [0.1, 0.15) is 0 Å². The van der Waals surface area contributed by atoms with Crippen molar-refractivity contribution in [2.45, 2.75) is 20.0 Å². The fourth-order valence-corrected chi connectivity index (χ4v) is 2.54. The van der Waals surface area contributed by atoms with Gasteiger partial charge in [-0.05, 0) is 29.7 Å². The molecule has 2 aromatic carbocycles. The molecular weight excluding hydrogens is 232 g/mol. The molecule has 2 N–H and O–H groups in total. The lowest BCUT2D eigenvalue weighted by Gasteiger charge is -2.06. The molecule has 0 spiro atoms. The second-order valence-corrected chi connectivity index (χ2v) is 4.98. The van der Waals surface area contributed by atoms with E-state index in [1.807, 2.05) is 0 Å². The van der Waals surface area contributed by atoms with Crippen molar-refractivity contribution in [3.8, 4) is 0 Å². The number of rotatable bonds is 3. The number of aryl methyl sites for hydroxylation is 1. The summed E-state index contributed by atoms with van der Waals surface area (Å²) in [6.07, 6.45) is 2.22. The Kier molecular flexibility index (Phi) is 3.10. The van der Waals surface area contributed by atoms with E-state index in [-0.39, 0.29) is 0 Å². The van der Waals surface area contributed by atoms with Crippen molar-refractivity contribution < 1.29 is 0 Å². The molecule has 0 saturated carbocycles. The molecule has 0 aliphatic rings. The number of aromatic nitrogens is 1. The monoisotopic (exact) mass is 250 g/mol. The maximum atomic E-state index is 5.62. The average Bonchev–Trinajstić information content (AvgIpc) is 2.77. The summed E-state index contributed by atoms with van der Waals surface area (Å²) in [7, 11) is 0. The van der Waals surface area contributed by atoms with Crippen LogP contribution in [0, 0.1) is 6.92 Å². The molecule has 0 aliphatic carbocycles. The third-order valence-corrected chi connectivity index (χ3v) is 3.60. The van der Waals surface area contributed by atoms with Crippen LogP contribution in [0.2, 0.25) is 0 Å². The highest BCUT2D eigenvalue weighted by atomic mass is 15.0. The van der Waals surface area contributed by atoms with Gasteiger partial charge in [-0.25, -0.2) is 0 Å². The summed E-state index contributed by atoms with van der Waals surface area (Å²) >= 11 is 0. The predicted octanol–water partition coefficient (Wildman–Crippen LogP) is 3.46. The molecule has 3 aromatic rings. The summed E-state index contributed by atoms with van der Waals surface area (Å²) in [5.41, 5.74) is 10.7. The van der Waals surface area contributed by atoms with E-state index >= 15 is 0 Å². The van der Waals surface area contributed by atoms with Gasteiger partial charge in [-0.3, -0.25) is 0 Å². The third-order valence-electron chi connectivity index (χ3n) is 3.60. The van der Waals surface area contributed by atoms with E-state index < -0.39 is 0 Å². The van der Waals surface area contributed by atoms with Crippen LogP contribution >= 0.6 is 0 Å². The van der Waals surface area contributed by atoms with Crippen LogP contribution in [-0.4, -0.2) is 4.57 Å². The summed E-state index contributed by atoms with van der Waals surface area (Å²) in [5, 5.41) is 1.33. The van der Waals surface area contributed by atoms with Gasteiger partial charge in [0.05, 0.1) is 0 Å². The SMILES string of the molecule is Cc1cn(Cc2ccc(CN)cc2)c2ccccc12. The summed E-state index contributed by atoms with van der Waals surface area (Å²) in [4.78, 5) is 0. The quantitative estimate of drug-likeness (QED) is 0.758. The molecule has 2 nitrogen and oxygen atoms in total. The predicted molar refractivity (Wildman–Crippen MR) is 80.1 cm³/mol. The maximum absolute atomic E-state index is 5.62. The fraction of sp³-hybridized carbons (Fsp3) is 0.176. The minimum Gasteiger partial charge on any atom is -0.343 e. The lowest BCUT2D eigenvalue weighted by atomic mass is 10.1. The molecule has 0 saturated heterocycles. The maximum Gasteiger partial charge on any atom is 0.0486 e. The van der Waals surface area contributed by atoms with E-state index in [1.165, 1.54) is 27.6 Å². The zero-order valence-corrected chi connectivity index (χ0v) is 11.1. The van der Waals surface area contributed by atoms with Gasteiger partial charge in [0.15, 0.2) is 0 Å². The first-order chi connectivity index (χ1) is 9.28. The lowest BCUT2D eigenvalue weighted by molar-refractivity contribution is 0.833. The van der Waals surface area contributed by atoms with Crippen LogP contribution in [0.4, 0.5) is 0 Å². The molecular formula is C17H18N2. The highest BCUT2D eigenvalue weighted by Gasteiger charge is 2.04. The molecule has 0 unspecified atom stereocenters. The summed E-state index contributed by atoms with van der Waals surface area (Å²) in [6, 6.07) is 17.1. The van der Waals surface area contributed by atoms with E-state index in [0.29, 0.717) is 6.54 Å². The number of nitrogens with two attached hydrogens (primary N) is 1. The van der Waals surface area contributed by atoms with Crippen molar-refractivity contribution in [2.75, 3.05) is 0 Å². The number of fused-ring (bicyclic) bond motifs is 1. The Morgan fingerprint density at radius 1 is 0.947 bits per heavy atom. The fourth-order valence-electron chi connectivity index (χ4n) is 2.54. The van der Waals surface area contributed by atoms with Gasteiger partial charge in [0.25, 0.3) is 0 Å².